The van der Waals surface area contributed by atoms with Crippen LogP contribution in [0.2, 0.25) is 0 Å². The third-order valence-electron chi connectivity index (χ3n) is 2.30. The van der Waals surface area contributed by atoms with Gasteiger partial charge in [0.15, 0.2) is 5.82 Å². The lowest BCUT2D eigenvalue weighted by atomic mass is 10.2. The lowest BCUT2D eigenvalue weighted by Crippen LogP contribution is -2.01. The van der Waals surface area contributed by atoms with Crippen molar-refractivity contribution < 1.29 is 14.6 Å². The van der Waals surface area contributed by atoms with Crippen molar-refractivity contribution in [2.75, 3.05) is 0 Å². The van der Waals surface area contributed by atoms with Gasteiger partial charge in [0, 0.05) is 24.0 Å². The highest BCUT2D eigenvalue weighted by Gasteiger charge is 2.02. The third kappa shape index (κ3) is 3.92. The largest absolute Gasteiger partial charge is 0.485 e. The summed E-state index contributed by atoms with van der Waals surface area (Å²) in [6.45, 7) is 0.235. The summed E-state index contributed by atoms with van der Waals surface area (Å²) in [5.74, 6) is 0.160. The third-order valence-corrected chi connectivity index (χ3v) is 2.30. The van der Waals surface area contributed by atoms with Gasteiger partial charge < -0.3 is 9.84 Å². The predicted octanol–water partition coefficient (Wildman–Crippen LogP) is 2.15. The Morgan fingerprint density at radius 3 is 2.68 bits per heavy atom. The van der Waals surface area contributed by atoms with Gasteiger partial charge in [0.05, 0.1) is 0 Å². The quantitative estimate of drug-likeness (QED) is 0.830. The lowest BCUT2D eigenvalue weighted by Gasteiger charge is -2.07. The number of carboxylic acid groups (broad SMARTS) is 1. The fourth-order valence-corrected chi connectivity index (χ4v) is 1.46. The molecule has 1 N–H and O–H groups in total. The zero-order chi connectivity index (χ0) is 13.5. The van der Waals surface area contributed by atoms with E-state index in [0.29, 0.717) is 17.1 Å². The monoisotopic (exact) mass is 256 g/mol. The highest BCUT2D eigenvalue weighted by atomic mass is 16.5. The fourth-order valence-electron chi connectivity index (χ4n) is 1.46. The van der Waals surface area contributed by atoms with E-state index in [1.54, 1.807) is 30.6 Å². The molecule has 2 aromatic rings. The van der Waals surface area contributed by atoms with Crippen LogP contribution >= 0.6 is 0 Å². The predicted molar refractivity (Wildman–Crippen MR) is 69.5 cm³/mol. The first kappa shape index (κ1) is 12.8. The molecule has 0 aliphatic rings. The van der Waals surface area contributed by atoms with E-state index < -0.39 is 5.97 Å². The maximum atomic E-state index is 10.5. The summed E-state index contributed by atoms with van der Waals surface area (Å²) in [6, 6.07) is 8.91. The molecule has 5 nitrogen and oxygen atoms in total. The van der Waals surface area contributed by atoms with Crippen molar-refractivity contribution in [3.05, 3.63) is 60.2 Å². The van der Waals surface area contributed by atoms with E-state index in [1.165, 1.54) is 6.08 Å². The zero-order valence-corrected chi connectivity index (χ0v) is 10.1. The second-order valence-electron chi connectivity index (χ2n) is 3.66. The maximum Gasteiger partial charge on any atom is 0.328 e. The summed E-state index contributed by atoms with van der Waals surface area (Å²) in [7, 11) is 0. The number of ether oxygens (including phenoxy) is 1. The van der Waals surface area contributed by atoms with E-state index in [0.717, 1.165) is 6.08 Å². The number of para-hydroxylation sites is 1. The maximum absolute atomic E-state index is 10.5. The van der Waals surface area contributed by atoms with Gasteiger partial charge in [0.1, 0.15) is 12.4 Å². The van der Waals surface area contributed by atoms with E-state index in [1.807, 2.05) is 12.1 Å². The minimum absolute atomic E-state index is 0.235. The van der Waals surface area contributed by atoms with Crippen LogP contribution < -0.4 is 4.74 Å². The molecule has 0 radical (unpaired) electrons. The van der Waals surface area contributed by atoms with Crippen molar-refractivity contribution >= 4 is 12.0 Å². The van der Waals surface area contributed by atoms with Crippen molar-refractivity contribution in [3.8, 4) is 5.75 Å². The van der Waals surface area contributed by atoms with Gasteiger partial charge >= 0.3 is 5.97 Å². The molecular formula is C14H12N2O3. The van der Waals surface area contributed by atoms with E-state index in [2.05, 4.69) is 9.97 Å². The average Bonchev–Trinajstić information content (AvgIpc) is 2.45. The van der Waals surface area contributed by atoms with E-state index >= 15 is 0 Å². The molecule has 1 aromatic heterocycles. The Balaban J connectivity index is 2.10. The molecule has 0 unspecified atom stereocenters. The van der Waals surface area contributed by atoms with Gasteiger partial charge in [-0.15, -0.1) is 0 Å². The Hall–Kier alpha value is -2.69. The molecule has 0 atom stereocenters. The van der Waals surface area contributed by atoms with Crippen LogP contribution in [0.15, 0.2) is 48.8 Å². The smallest absolute Gasteiger partial charge is 0.328 e. The Labute approximate surface area is 110 Å². The highest BCUT2D eigenvalue weighted by Crippen LogP contribution is 2.20. The molecule has 0 bridgehead atoms. The van der Waals surface area contributed by atoms with Gasteiger partial charge in [-0.3, -0.25) is 0 Å². The first-order chi connectivity index (χ1) is 9.25. The molecule has 1 aromatic carbocycles. The van der Waals surface area contributed by atoms with Gasteiger partial charge in [-0.1, -0.05) is 18.2 Å². The first-order valence-corrected chi connectivity index (χ1v) is 5.64. The van der Waals surface area contributed by atoms with Gasteiger partial charge in [-0.05, 0) is 18.2 Å². The average molecular weight is 256 g/mol. The lowest BCUT2D eigenvalue weighted by molar-refractivity contribution is -0.131. The second kappa shape index (κ2) is 6.30. The van der Waals surface area contributed by atoms with E-state index in [-0.39, 0.29) is 6.61 Å². The molecule has 0 spiro atoms. The Kier molecular flexibility index (Phi) is 4.23. The minimum Gasteiger partial charge on any atom is -0.485 e. The number of aliphatic carboxylic acids is 1. The Bertz CT molecular complexity index is 582. The Morgan fingerprint density at radius 1 is 1.21 bits per heavy atom. The van der Waals surface area contributed by atoms with Crippen molar-refractivity contribution in [1.29, 1.82) is 0 Å². The standard InChI is InChI=1S/C14H12N2O3/c17-14(18)7-6-11-4-1-2-5-12(11)19-10-13-15-8-3-9-16-13/h1-9H,10H2,(H,17,18). The van der Waals surface area contributed by atoms with Crippen LogP contribution in [-0.2, 0) is 11.4 Å². The number of carbonyl (C=O) groups is 1. The normalized spacial score (nSPS) is 10.5. The van der Waals surface area contributed by atoms with Gasteiger partial charge in [0.25, 0.3) is 0 Å². The minimum atomic E-state index is -0.999. The summed E-state index contributed by atoms with van der Waals surface area (Å²) < 4.78 is 5.59. The summed E-state index contributed by atoms with van der Waals surface area (Å²) >= 11 is 0. The van der Waals surface area contributed by atoms with Gasteiger partial charge in [-0.2, -0.15) is 0 Å². The van der Waals surface area contributed by atoms with Crippen LogP contribution in [0.5, 0.6) is 5.75 Å². The fraction of sp³-hybridized carbons (Fsp3) is 0.0714. The topological polar surface area (TPSA) is 72.3 Å². The Morgan fingerprint density at radius 2 is 1.95 bits per heavy atom. The molecule has 5 heteroatoms. The number of aromatic nitrogens is 2. The van der Waals surface area contributed by atoms with Crippen molar-refractivity contribution in [2.45, 2.75) is 6.61 Å². The van der Waals surface area contributed by atoms with E-state index in [4.69, 9.17) is 9.84 Å². The summed E-state index contributed by atoms with van der Waals surface area (Å²) in [5, 5.41) is 8.63. The molecule has 0 saturated heterocycles. The molecule has 0 aliphatic carbocycles. The number of carboxylic acids is 1. The van der Waals surface area contributed by atoms with Crippen LogP contribution in [-0.4, -0.2) is 21.0 Å². The summed E-state index contributed by atoms with van der Waals surface area (Å²) in [6.07, 6.45) is 5.84. The molecule has 96 valence electrons. The van der Waals surface area contributed by atoms with Crippen LogP contribution in [0.3, 0.4) is 0 Å². The molecule has 2 rings (SSSR count). The highest BCUT2D eigenvalue weighted by molar-refractivity contribution is 5.85. The van der Waals surface area contributed by atoms with Crippen LogP contribution in [0.25, 0.3) is 6.08 Å². The molecule has 1 heterocycles. The molecule has 19 heavy (non-hydrogen) atoms. The van der Waals surface area contributed by atoms with Crippen LogP contribution in [0, 0.1) is 0 Å². The van der Waals surface area contributed by atoms with Crippen molar-refractivity contribution in [2.24, 2.45) is 0 Å². The number of rotatable bonds is 5. The summed E-state index contributed by atoms with van der Waals surface area (Å²) in [4.78, 5) is 18.6. The molecule has 0 amide bonds. The zero-order valence-electron chi connectivity index (χ0n) is 10.1. The molecule has 0 aliphatic heterocycles. The summed E-state index contributed by atoms with van der Waals surface area (Å²) in [5.41, 5.74) is 0.695. The van der Waals surface area contributed by atoms with Crippen LogP contribution in [0.1, 0.15) is 11.4 Å². The van der Waals surface area contributed by atoms with Crippen LogP contribution in [0.4, 0.5) is 0 Å². The van der Waals surface area contributed by atoms with Gasteiger partial charge in [0.2, 0.25) is 0 Å². The van der Waals surface area contributed by atoms with Gasteiger partial charge in [-0.25, -0.2) is 14.8 Å². The SMILES string of the molecule is O=C(O)C=Cc1ccccc1OCc1ncccn1. The number of hydrogen-bond donors (Lipinski definition) is 1. The second-order valence-corrected chi connectivity index (χ2v) is 3.66. The van der Waals surface area contributed by atoms with Crippen molar-refractivity contribution in [1.82, 2.24) is 9.97 Å². The van der Waals surface area contributed by atoms with Crippen molar-refractivity contribution in [3.63, 3.8) is 0 Å². The first-order valence-electron chi connectivity index (χ1n) is 5.64. The number of hydrogen-bond acceptors (Lipinski definition) is 4. The molecular weight excluding hydrogens is 244 g/mol. The molecule has 0 saturated carbocycles. The van der Waals surface area contributed by atoms with E-state index in [9.17, 15) is 4.79 Å². The number of benzene rings is 1. The number of nitrogens with zero attached hydrogens (tertiary/aromatic N) is 2. The molecule has 0 fully saturated rings.